The number of hydrogen-bond acceptors (Lipinski definition) is 2. The minimum absolute atomic E-state index is 0.444. The van der Waals surface area contributed by atoms with Gasteiger partial charge in [0.25, 0.3) is 10.0 Å². The van der Waals surface area contributed by atoms with Crippen LogP contribution in [0.25, 0.3) is 0 Å². The van der Waals surface area contributed by atoms with Crippen molar-refractivity contribution in [2.24, 2.45) is 0 Å². The van der Waals surface area contributed by atoms with Gasteiger partial charge in [-0.1, -0.05) is 12.1 Å². The van der Waals surface area contributed by atoms with Crippen LogP contribution in [0.3, 0.4) is 0 Å². The van der Waals surface area contributed by atoms with Gasteiger partial charge in [-0.2, -0.15) is 0 Å². The van der Waals surface area contributed by atoms with E-state index in [0.29, 0.717) is 10.6 Å². The number of anilines is 1. The van der Waals surface area contributed by atoms with E-state index in [1.165, 1.54) is 0 Å². The zero-order chi connectivity index (χ0) is 8.06. The molecule has 11 heavy (non-hydrogen) atoms. The van der Waals surface area contributed by atoms with Gasteiger partial charge in [0.05, 0.1) is 5.69 Å². The van der Waals surface area contributed by atoms with Crippen molar-refractivity contribution in [3.63, 3.8) is 0 Å². The molecule has 1 aromatic carbocycles. The van der Waals surface area contributed by atoms with E-state index in [1.54, 1.807) is 19.1 Å². The molecule has 58 valence electrons. The summed E-state index contributed by atoms with van der Waals surface area (Å²) in [5.41, 5.74) is 1.52. The molecule has 0 amide bonds. The monoisotopic (exact) mass is 169 g/mol. The van der Waals surface area contributed by atoms with Crippen LogP contribution in [0.1, 0.15) is 5.56 Å². The zero-order valence-corrected chi connectivity index (χ0v) is 6.77. The molecule has 0 radical (unpaired) electrons. The van der Waals surface area contributed by atoms with Crippen LogP contribution in [-0.4, -0.2) is 8.42 Å². The van der Waals surface area contributed by atoms with Gasteiger partial charge in [-0.15, -0.1) is 0 Å². The third-order valence-corrected chi connectivity index (χ3v) is 3.29. The quantitative estimate of drug-likeness (QED) is 0.632. The maximum absolute atomic E-state index is 11.0. The molecule has 0 saturated heterocycles. The number of benzene rings is 1. The molecule has 0 atom stereocenters. The van der Waals surface area contributed by atoms with Crippen LogP contribution in [0.4, 0.5) is 5.69 Å². The Bertz CT molecular complexity index is 394. The number of aryl methyl sites for hydroxylation is 1. The van der Waals surface area contributed by atoms with Crippen LogP contribution in [-0.2, 0) is 10.0 Å². The Hall–Kier alpha value is -1.03. The molecule has 0 aromatic heterocycles. The Labute approximate surface area is 65.1 Å². The Kier molecular flexibility index (Phi) is 1.07. The largest absolute Gasteiger partial charge is 0.278 e. The fourth-order valence-electron chi connectivity index (χ4n) is 1.24. The van der Waals surface area contributed by atoms with Gasteiger partial charge >= 0.3 is 0 Å². The van der Waals surface area contributed by atoms with Crippen molar-refractivity contribution in [2.45, 2.75) is 11.8 Å². The Morgan fingerprint density at radius 3 is 2.55 bits per heavy atom. The highest BCUT2D eigenvalue weighted by molar-refractivity contribution is 7.94. The SMILES string of the molecule is Cc1cccc2c1S(=O)(=O)N2. The van der Waals surface area contributed by atoms with E-state index >= 15 is 0 Å². The molecule has 0 saturated carbocycles. The average molecular weight is 169 g/mol. The minimum atomic E-state index is -3.12. The molecule has 3 nitrogen and oxygen atoms in total. The molecule has 4 heteroatoms. The van der Waals surface area contributed by atoms with E-state index in [9.17, 15) is 8.42 Å². The van der Waals surface area contributed by atoms with Gasteiger partial charge in [-0.3, -0.25) is 4.72 Å². The lowest BCUT2D eigenvalue weighted by Gasteiger charge is -2.22. The predicted molar refractivity (Wildman–Crippen MR) is 42.0 cm³/mol. The molecular formula is C7H7NO2S. The molecule has 1 heterocycles. The van der Waals surface area contributed by atoms with Gasteiger partial charge in [-0.25, -0.2) is 8.42 Å². The van der Waals surface area contributed by atoms with E-state index < -0.39 is 10.0 Å². The average Bonchev–Trinajstić information content (AvgIpc) is 1.84. The Morgan fingerprint density at radius 2 is 2.09 bits per heavy atom. The topological polar surface area (TPSA) is 46.2 Å². The summed E-state index contributed by atoms with van der Waals surface area (Å²) in [6.07, 6.45) is 0. The number of nitrogens with one attached hydrogen (secondary N) is 1. The molecule has 1 aliphatic rings. The number of fused-ring (bicyclic) bond motifs is 1. The first-order chi connectivity index (χ1) is 5.11. The normalized spacial score (nSPS) is 17.9. The van der Waals surface area contributed by atoms with E-state index in [0.717, 1.165) is 5.56 Å². The highest BCUT2D eigenvalue weighted by atomic mass is 32.2. The molecule has 0 aliphatic carbocycles. The van der Waals surface area contributed by atoms with Crippen molar-refractivity contribution in [3.8, 4) is 0 Å². The predicted octanol–water partition coefficient (Wildman–Crippen LogP) is 1.11. The van der Waals surface area contributed by atoms with E-state index in [1.807, 2.05) is 6.07 Å². The third-order valence-electron chi connectivity index (χ3n) is 1.72. The molecule has 0 unspecified atom stereocenters. The second kappa shape index (κ2) is 1.76. The molecule has 0 fully saturated rings. The van der Waals surface area contributed by atoms with E-state index in [2.05, 4.69) is 4.72 Å². The van der Waals surface area contributed by atoms with Crippen molar-refractivity contribution in [3.05, 3.63) is 23.8 Å². The first-order valence-corrected chi connectivity index (χ1v) is 4.72. The number of hydrogen-bond donors (Lipinski definition) is 1. The van der Waals surface area contributed by atoms with Crippen molar-refractivity contribution in [2.75, 3.05) is 4.72 Å². The smallest absolute Gasteiger partial charge is 0.264 e. The van der Waals surface area contributed by atoms with Gasteiger partial charge in [0, 0.05) is 0 Å². The lowest BCUT2D eigenvalue weighted by molar-refractivity contribution is 0.596. The second-order valence-electron chi connectivity index (χ2n) is 2.56. The fourth-order valence-corrected chi connectivity index (χ4v) is 2.55. The van der Waals surface area contributed by atoms with Crippen molar-refractivity contribution >= 4 is 15.7 Å². The maximum Gasteiger partial charge on any atom is 0.264 e. The Morgan fingerprint density at radius 1 is 1.36 bits per heavy atom. The summed E-state index contributed by atoms with van der Waals surface area (Å²) >= 11 is 0. The number of rotatable bonds is 0. The summed E-state index contributed by atoms with van der Waals surface area (Å²) in [6, 6.07) is 5.37. The summed E-state index contributed by atoms with van der Waals surface area (Å²) in [4.78, 5) is 0.444. The number of sulfonamides is 1. The standard InChI is InChI=1S/C7H7NO2S/c1-5-3-2-4-6-7(5)11(9,10)8-6/h2-4,8H,1H3. The molecule has 1 aliphatic heterocycles. The Balaban J connectivity index is 2.80. The van der Waals surface area contributed by atoms with Crippen molar-refractivity contribution < 1.29 is 8.42 Å². The maximum atomic E-state index is 11.0. The lowest BCUT2D eigenvalue weighted by Crippen LogP contribution is -2.25. The molecule has 1 aromatic rings. The van der Waals surface area contributed by atoms with Crippen molar-refractivity contribution in [1.29, 1.82) is 0 Å². The minimum Gasteiger partial charge on any atom is -0.278 e. The van der Waals surface area contributed by atoms with Crippen LogP contribution in [0.2, 0.25) is 0 Å². The van der Waals surface area contributed by atoms with Crippen LogP contribution in [0, 0.1) is 6.92 Å². The van der Waals surface area contributed by atoms with Gasteiger partial charge in [-0.05, 0) is 18.6 Å². The van der Waals surface area contributed by atoms with Crippen LogP contribution >= 0.6 is 0 Å². The first-order valence-electron chi connectivity index (χ1n) is 3.24. The summed E-state index contributed by atoms with van der Waals surface area (Å²) in [6.45, 7) is 1.79. The molecule has 2 rings (SSSR count). The molecule has 1 N–H and O–H groups in total. The summed E-state index contributed by atoms with van der Waals surface area (Å²) in [5.74, 6) is 0. The van der Waals surface area contributed by atoms with Crippen LogP contribution in [0.15, 0.2) is 23.1 Å². The summed E-state index contributed by atoms with van der Waals surface area (Å²) in [7, 11) is -3.12. The molecule has 0 spiro atoms. The van der Waals surface area contributed by atoms with Gasteiger partial charge < -0.3 is 0 Å². The summed E-state index contributed by atoms with van der Waals surface area (Å²) in [5, 5.41) is 0. The third kappa shape index (κ3) is 0.758. The van der Waals surface area contributed by atoms with E-state index in [4.69, 9.17) is 0 Å². The van der Waals surface area contributed by atoms with Crippen molar-refractivity contribution in [1.82, 2.24) is 0 Å². The van der Waals surface area contributed by atoms with Crippen LogP contribution < -0.4 is 4.72 Å². The van der Waals surface area contributed by atoms with Gasteiger partial charge in [0.1, 0.15) is 4.90 Å². The highest BCUT2D eigenvalue weighted by Crippen LogP contribution is 2.34. The second-order valence-corrected chi connectivity index (χ2v) is 4.18. The lowest BCUT2D eigenvalue weighted by atomic mass is 10.2. The molecular weight excluding hydrogens is 162 g/mol. The van der Waals surface area contributed by atoms with Gasteiger partial charge in [0.2, 0.25) is 0 Å². The first kappa shape index (κ1) is 6.67. The summed E-state index contributed by atoms with van der Waals surface area (Å²) < 4.78 is 24.4. The highest BCUT2D eigenvalue weighted by Gasteiger charge is 2.30. The van der Waals surface area contributed by atoms with E-state index in [-0.39, 0.29) is 0 Å². The van der Waals surface area contributed by atoms with Gasteiger partial charge in [0.15, 0.2) is 0 Å². The zero-order valence-electron chi connectivity index (χ0n) is 5.96. The fraction of sp³-hybridized carbons (Fsp3) is 0.143. The van der Waals surface area contributed by atoms with Crippen LogP contribution in [0.5, 0.6) is 0 Å². The molecule has 0 bridgehead atoms.